The maximum absolute atomic E-state index is 11.1. The number of hydrogen-bond donors (Lipinski definition) is 2. The Morgan fingerprint density at radius 3 is 2.62 bits per heavy atom. The highest BCUT2D eigenvalue weighted by molar-refractivity contribution is 5.85. The van der Waals surface area contributed by atoms with E-state index in [0.717, 1.165) is 19.1 Å². The normalized spacial score (nSPS) is 16.2. The molecule has 0 heterocycles. The van der Waals surface area contributed by atoms with Gasteiger partial charge in [-0.2, -0.15) is 0 Å². The molecule has 0 aliphatic heterocycles. The van der Waals surface area contributed by atoms with Gasteiger partial charge in [0.2, 0.25) is 5.91 Å². The summed E-state index contributed by atoms with van der Waals surface area (Å²) in [5.74, 6) is 0.0670. The summed E-state index contributed by atoms with van der Waals surface area (Å²) in [4.78, 5) is 13.5. The molecule has 0 aromatic carbocycles. The molecule has 0 unspecified atom stereocenters. The molecule has 0 radical (unpaired) electrons. The molecule has 0 aromatic heterocycles. The predicted molar refractivity (Wildman–Crippen MR) is 68.8 cm³/mol. The maximum Gasteiger partial charge on any atom is 0.221 e. The number of carbonyl (C=O) groups is 1. The van der Waals surface area contributed by atoms with E-state index in [1.54, 1.807) is 0 Å². The van der Waals surface area contributed by atoms with Gasteiger partial charge < -0.3 is 16.0 Å². The molecule has 0 bridgehead atoms. The summed E-state index contributed by atoms with van der Waals surface area (Å²) in [5.41, 5.74) is 5.29. The molecule has 4 nitrogen and oxygen atoms in total. The Morgan fingerprint density at radius 1 is 1.44 bits per heavy atom. The minimum atomic E-state index is 0. The van der Waals surface area contributed by atoms with Gasteiger partial charge in [-0.25, -0.2) is 0 Å². The van der Waals surface area contributed by atoms with Crippen LogP contribution in [0.4, 0.5) is 0 Å². The zero-order valence-electron chi connectivity index (χ0n) is 10.1. The molecule has 16 heavy (non-hydrogen) atoms. The van der Waals surface area contributed by atoms with Crippen molar-refractivity contribution in [1.82, 2.24) is 10.2 Å². The molecular weight excluding hydrogens is 226 g/mol. The Bertz CT molecular complexity index is 196. The monoisotopic (exact) mass is 249 g/mol. The number of amides is 1. The number of nitrogens with zero attached hydrogens (tertiary/aromatic N) is 1. The van der Waals surface area contributed by atoms with Gasteiger partial charge in [0, 0.05) is 32.1 Å². The second kappa shape index (κ2) is 8.79. The van der Waals surface area contributed by atoms with E-state index in [2.05, 4.69) is 17.3 Å². The van der Waals surface area contributed by atoms with Crippen molar-refractivity contribution >= 4 is 18.3 Å². The molecule has 96 valence electrons. The summed E-state index contributed by atoms with van der Waals surface area (Å²) < 4.78 is 0. The fourth-order valence-corrected chi connectivity index (χ4v) is 2.12. The zero-order valence-corrected chi connectivity index (χ0v) is 10.9. The average Bonchev–Trinajstić information content (AvgIpc) is 2.70. The summed E-state index contributed by atoms with van der Waals surface area (Å²) >= 11 is 0. The van der Waals surface area contributed by atoms with Gasteiger partial charge in [-0.3, -0.25) is 4.79 Å². The van der Waals surface area contributed by atoms with Crippen molar-refractivity contribution in [3.63, 3.8) is 0 Å². The first-order chi connectivity index (χ1) is 7.24. The van der Waals surface area contributed by atoms with Crippen LogP contribution in [0.5, 0.6) is 0 Å². The fraction of sp³-hybridized carbons (Fsp3) is 0.909. The van der Waals surface area contributed by atoms with E-state index in [-0.39, 0.29) is 18.3 Å². The average molecular weight is 250 g/mol. The molecule has 0 aromatic rings. The third-order valence-electron chi connectivity index (χ3n) is 3.11. The number of carbonyl (C=O) groups excluding carboxylic acids is 1. The molecule has 5 heteroatoms. The molecule has 1 amide bonds. The van der Waals surface area contributed by atoms with Gasteiger partial charge in [-0.1, -0.05) is 12.8 Å². The van der Waals surface area contributed by atoms with Crippen LogP contribution in [-0.4, -0.2) is 43.5 Å². The lowest BCUT2D eigenvalue weighted by Crippen LogP contribution is -2.37. The lowest BCUT2D eigenvalue weighted by Gasteiger charge is -2.23. The topological polar surface area (TPSA) is 58.4 Å². The smallest absolute Gasteiger partial charge is 0.221 e. The molecule has 3 N–H and O–H groups in total. The highest BCUT2D eigenvalue weighted by Crippen LogP contribution is 2.21. The van der Waals surface area contributed by atoms with Crippen molar-refractivity contribution in [2.75, 3.05) is 26.7 Å². The van der Waals surface area contributed by atoms with Crippen molar-refractivity contribution in [2.45, 2.75) is 38.1 Å². The van der Waals surface area contributed by atoms with Gasteiger partial charge in [0.05, 0.1) is 0 Å². The Labute approximate surface area is 104 Å². The first kappa shape index (κ1) is 15.7. The predicted octanol–water partition coefficient (Wildman–Crippen LogP) is 0.748. The Morgan fingerprint density at radius 2 is 2.06 bits per heavy atom. The van der Waals surface area contributed by atoms with Gasteiger partial charge in [0.15, 0.2) is 0 Å². The van der Waals surface area contributed by atoms with Crippen LogP contribution in [0, 0.1) is 0 Å². The van der Waals surface area contributed by atoms with Crippen molar-refractivity contribution in [1.29, 1.82) is 0 Å². The maximum atomic E-state index is 11.1. The second-order valence-corrected chi connectivity index (χ2v) is 4.31. The van der Waals surface area contributed by atoms with Gasteiger partial charge in [0.1, 0.15) is 0 Å². The van der Waals surface area contributed by atoms with Crippen LogP contribution in [0.2, 0.25) is 0 Å². The van der Waals surface area contributed by atoms with Crippen LogP contribution in [0.1, 0.15) is 32.1 Å². The van der Waals surface area contributed by atoms with Crippen molar-refractivity contribution in [3.05, 3.63) is 0 Å². The first-order valence-electron chi connectivity index (χ1n) is 5.91. The van der Waals surface area contributed by atoms with Crippen molar-refractivity contribution in [3.8, 4) is 0 Å². The van der Waals surface area contributed by atoms with E-state index in [0.29, 0.717) is 13.0 Å². The Balaban J connectivity index is 0.00000225. The van der Waals surface area contributed by atoms with Crippen LogP contribution in [0.3, 0.4) is 0 Å². The van der Waals surface area contributed by atoms with E-state index in [1.165, 1.54) is 25.7 Å². The quantitative estimate of drug-likeness (QED) is 0.730. The first-order valence-corrected chi connectivity index (χ1v) is 5.91. The summed E-state index contributed by atoms with van der Waals surface area (Å²) in [5, 5.41) is 2.88. The minimum absolute atomic E-state index is 0. The molecule has 0 spiro atoms. The molecule has 1 rings (SSSR count). The number of nitrogens with one attached hydrogen (secondary N) is 1. The van der Waals surface area contributed by atoms with Gasteiger partial charge in [0.25, 0.3) is 0 Å². The van der Waals surface area contributed by atoms with Gasteiger partial charge in [-0.05, 0) is 19.9 Å². The van der Waals surface area contributed by atoms with Gasteiger partial charge in [-0.15, -0.1) is 12.4 Å². The van der Waals surface area contributed by atoms with Crippen LogP contribution >= 0.6 is 12.4 Å². The molecule has 1 saturated carbocycles. The molecule has 1 aliphatic rings. The van der Waals surface area contributed by atoms with E-state index in [4.69, 9.17) is 5.73 Å². The second-order valence-electron chi connectivity index (χ2n) is 4.31. The number of rotatable bonds is 6. The fourth-order valence-electron chi connectivity index (χ4n) is 2.12. The molecule has 0 saturated heterocycles. The lowest BCUT2D eigenvalue weighted by atomic mass is 10.2. The Kier molecular flexibility index (Phi) is 8.61. The van der Waals surface area contributed by atoms with Gasteiger partial charge >= 0.3 is 0 Å². The van der Waals surface area contributed by atoms with E-state index in [9.17, 15) is 4.79 Å². The van der Waals surface area contributed by atoms with E-state index >= 15 is 0 Å². The number of nitrogens with two attached hydrogens (primary N) is 1. The van der Waals surface area contributed by atoms with Crippen LogP contribution < -0.4 is 11.1 Å². The zero-order chi connectivity index (χ0) is 11.1. The third-order valence-corrected chi connectivity index (χ3v) is 3.11. The minimum Gasteiger partial charge on any atom is -0.355 e. The number of halogens is 1. The van der Waals surface area contributed by atoms with Crippen LogP contribution in [0.15, 0.2) is 0 Å². The number of hydrogen-bond acceptors (Lipinski definition) is 3. The Hall–Kier alpha value is -0.320. The SMILES string of the molecule is CN(CCNC(=O)CCN)C1CCCC1.Cl. The highest BCUT2D eigenvalue weighted by atomic mass is 35.5. The van der Waals surface area contributed by atoms with Crippen LogP contribution in [-0.2, 0) is 4.79 Å². The highest BCUT2D eigenvalue weighted by Gasteiger charge is 2.18. The van der Waals surface area contributed by atoms with E-state index in [1.807, 2.05) is 0 Å². The molecule has 1 fully saturated rings. The van der Waals surface area contributed by atoms with E-state index < -0.39 is 0 Å². The van der Waals surface area contributed by atoms with Crippen molar-refractivity contribution in [2.24, 2.45) is 5.73 Å². The molecule has 0 atom stereocenters. The summed E-state index contributed by atoms with van der Waals surface area (Å²) in [6.45, 7) is 2.12. The molecule has 1 aliphatic carbocycles. The standard InChI is InChI=1S/C11H23N3O.ClH/c1-14(10-4-2-3-5-10)9-8-13-11(15)6-7-12;/h10H,2-9,12H2,1H3,(H,13,15);1H. The van der Waals surface area contributed by atoms with Crippen LogP contribution in [0.25, 0.3) is 0 Å². The third kappa shape index (κ3) is 5.68. The van der Waals surface area contributed by atoms with Crippen molar-refractivity contribution < 1.29 is 4.79 Å². The summed E-state index contributed by atoms with van der Waals surface area (Å²) in [6, 6.07) is 0.733. The summed E-state index contributed by atoms with van der Waals surface area (Å²) in [7, 11) is 2.14. The lowest BCUT2D eigenvalue weighted by molar-refractivity contribution is -0.120. The largest absolute Gasteiger partial charge is 0.355 e. The number of likely N-dealkylation sites (N-methyl/N-ethyl adjacent to an activating group) is 1. The molecular formula is C11H24ClN3O. The summed E-state index contributed by atoms with van der Waals surface area (Å²) in [6.07, 6.45) is 5.77.